The topological polar surface area (TPSA) is 78.1 Å². The highest BCUT2D eigenvalue weighted by molar-refractivity contribution is 8.27. The largest absolute Gasteiger partial charge is 0.489 e. The minimum atomic E-state index is -0.484. The molecule has 0 aliphatic carbocycles. The van der Waals surface area contributed by atoms with Gasteiger partial charge in [-0.3, -0.25) is 10.2 Å². The van der Waals surface area contributed by atoms with E-state index in [2.05, 4.69) is 10.1 Å². The summed E-state index contributed by atoms with van der Waals surface area (Å²) in [5, 5.41) is 15.6. The highest BCUT2D eigenvalue weighted by Crippen LogP contribution is 2.32. The third-order valence-corrected chi connectivity index (χ3v) is 6.26. The number of hydrazone groups is 1. The lowest BCUT2D eigenvalue weighted by Crippen LogP contribution is -2.35. The fourth-order valence-electron chi connectivity index (χ4n) is 3.52. The summed E-state index contributed by atoms with van der Waals surface area (Å²) in [5.41, 5.74) is 3.68. The number of hydrogen-bond donors (Lipinski definition) is 1. The van der Waals surface area contributed by atoms with Crippen LogP contribution in [0.2, 0.25) is 0 Å². The Morgan fingerprint density at radius 3 is 2.68 bits per heavy atom. The minimum Gasteiger partial charge on any atom is -0.489 e. The van der Waals surface area contributed by atoms with E-state index < -0.39 is 5.91 Å². The molecular formula is C26H19FN4O2S. The number of carbonyl (C=O) groups excluding carboxylic acids is 1. The minimum absolute atomic E-state index is 0.0243. The summed E-state index contributed by atoms with van der Waals surface area (Å²) >= 11 is 1.28. The molecule has 0 fully saturated rings. The van der Waals surface area contributed by atoms with Crippen molar-refractivity contribution in [3.8, 4) is 5.75 Å². The second kappa shape index (κ2) is 9.07. The maximum Gasteiger partial charge on any atom is 0.283 e. The van der Waals surface area contributed by atoms with E-state index in [-0.39, 0.29) is 23.8 Å². The lowest BCUT2D eigenvalue weighted by Gasteiger charge is -2.20. The van der Waals surface area contributed by atoms with Gasteiger partial charge in [-0.05, 0) is 65.7 Å². The van der Waals surface area contributed by atoms with Crippen molar-refractivity contribution in [1.29, 1.82) is 5.41 Å². The summed E-state index contributed by atoms with van der Waals surface area (Å²) in [6.45, 7) is 2.27. The molecular weight excluding hydrogens is 451 g/mol. The summed E-state index contributed by atoms with van der Waals surface area (Å²) in [6.07, 6.45) is 1.61. The molecule has 2 aliphatic rings. The lowest BCUT2D eigenvalue weighted by atomic mass is 10.1. The van der Waals surface area contributed by atoms with Gasteiger partial charge in [-0.2, -0.15) is 15.1 Å². The van der Waals surface area contributed by atoms with Crippen molar-refractivity contribution in [3.63, 3.8) is 0 Å². The zero-order valence-corrected chi connectivity index (χ0v) is 19.0. The van der Waals surface area contributed by atoms with Crippen LogP contribution >= 0.6 is 11.8 Å². The molecule has 0 aromatic heterocycles. The fraction of sp³-hybridized carbons (Fsp3) is 0.0769. The van der Waals surface area contributed by atoms with E-state index in [1.807, 2.05) is 37.3 Å². The quantitative estimate of drug-likeness (QED) is 0.508. The molecule has 6 nitrogen and oxygen atoms in total. The number of thioether (sulfide) groups is 1. The second-order valence-corrected chi connectivity index (χ2v) is 8.68. The number of nitrogens with one attached hydrogen (secondary N) is 1. The molecule has 1 N–H and O–H groups in total. The smallest absolute Gasteiger partial charge is 0.283 e. The number of ether oxygens (including phenoxy) is 1. The molecule has 0 spiro atoms. The number of rotatable bonds is 5. The zero-order chi connectivity index (χ0) is 23.7. The van der Waals surface area contributed by atoms with Gasteiger partial charge >= 0.3 is 0 Å². The van der Waals surface area contributed by atoms with Gasteiger partial charge in [0.05, 0.1) is 5.57 Å². The molecule has 1 amide bonds. The SMILES string of the molecule is Cc1ccccc1C1=NN2C(=N)/C(=C/c3cccc(OCc4ccc(F)cc4)c3)C(=O)N=C2S1. The van der Waals surface area contributed by atoms with Crippen LogP contribution in [0.3, 0.4) is 0 Å². The van der Waals surface area contributed by atoms with Crippen molar-refractivity contribution in [2.75, 3.05) is 0 Å². The first-order valence-corrected chi connectivity index (χ1v) is 11.3. The third-order valence-electron chi connectivity index (χ3n) is 5.32. The number of amides is 1. The molecule has 168 valence electrons. The van der Waals surface area contributed by atoms with Crippen molar-refractivity contribution in [2.24, 2.45) is 10.1 Å². The molecule has 2 aliphatic heterocycles. The predicted octanol–water partition coefficient (Wildman–Crippen LogP) is 5.38. The maximum atomic E-state index is 13.1. The van der Waals surface area contributed by atoms with Gasteiger partial charge in [0.15, 0.2) is 5.84 Å². The zero-order valence-electron chi connectivity index (χ0n) is 18.2. The molecule has 34 heavy (non-hydrogen) atoms. The number of hydrogen-bond acceptors (Lipinski definition) is 5. The predicted molar refractivity (Wildman–Crippen MR) is 132 cm³/mol. The van der Waals surface area contributed by atoms with Gasteiger partial charge in [0, 0.05) is 5.56 Å². The van der Waals surface area contributed by atoms with Gasteiger partial charge in [0.25, 0.3) is 5.91 Å². The van der Waals surface area contributed by atoms with Crippen LogP contribution in [0, 0.1) is 18.2 Å². The highest BCUT2D eigenvalue weighted by Gasteiger charge is 2.36. The van der Waals surface area contributed by atoms with Gasteiger partial charge in [-0.25, -0.2) is 4.39 Å². The van der Waals surface area contributed by atoms with Gasteiger partial charge < -0.3 is 4.74 Å². The Bertz CT molecular complexity index is 1400. The molecule has 8 heteroatoms. The Balaban J connectivity index is 1.37. The van der Waals surface area contributed by atoms with Crippen LogP contribution in [-0.2, 0) is 11.4 Å². The molecule has 0 bridgehead atoms. The van der Waals surface area contributed by atoms with Crippen LogP contribution in [0.25, 0.3) is 6.08 Å². The summed E-state index contributed by atoms with van der Waals surface area (Å²) in [4.78, 5) is 16.9. The molecule has 5 rings (SSSR count). The van der Waals surface area contributed by atoms with Crippen molar-refractivity contribution in [1.82, 2.24) is 5.01 Å². The summed E-state index contributed by atoms with van der Waals surface area (Å²) in [6, 6.07) is 21.1. The highest BCUT2D eigenvalue weighted by atomic mass is 32.2. The van der Waals surface area contributed by atoms with Gasteiger partial charge in [-0.15, -0.1) is 0 Å². The number of benzene rings is 3. The molecule has 0 radical (unpaired) electrons. The number of carbonyl (C=O) groups is 1. The normalized spacial score (nSPS) is 16.4. The molecule has 2 heterocycles. The standard InChI is InChI=1S/C26H19FN4O2S/c1-16-5-2-3-8-21(16)25-30-31-23(28)22(24(32)29-26(31)34-25)14-18-6-4-7-20(13-18)33-15-17-9-11-19(27)12-10-17/h2-14,28H,15H2,1H3/b22-14-,28-23?. The van der Waals surface area contributed by atoms with Crippen molar-refractivity contribution in [2.45, 2.75) is 13.5 Å². The van der Waals surface area contributed by atoms with E-state index in [0.717, 1.165) is 16.7 Å². The van der Waals surface area contributed by atoms with Crippen LogP contribution in [-0.4, -0.2) is 27.0 Å². The number of aryl methyl sites for hydroxylation is 1. The number of amidine groups is 2. The summed E-state index contributed by atoms with van der Waals surface area (Å²) in [5.74, 6) is -0.213. The average molecular weight is 471 g/mol. The number of aliphatic imine (C=N–C) groups is 1. The van der Waals surface area contributed by atoms with E-state index in [1.165, 1.54) is 28.9 Å². The van der Waals surface area contributed by atoms with E-state index in [9.17, 15) is 9.18 Å². The first kappa shape index (κ1) is 21.8. The van der Waals surface area contributed by atoms with Gasteiger partial charge in [0.2, 0.25) is 5.17 Å². The Hall–Kier alpha value is -4.04. The first-order chi connectivity index (χ1) is 16.5. The first-order valence-electron chi connectivity index (χ1n) is 10.5. The summed E-state index contributed by atoms with van der Waals surface area (Å²) < 4.78 is 18.9. The maximum absolute atomic E-state index is 13.1. The van der Waals surface area contributed by atoms with E-state index in [4.69, 9.17) is 10.1 Å². The number of nitrogens with zero attached hydrogens (tertiary/aromatic N) is 3. The molecule has 0 saturated carbocycles. The average Bonchev–Trinajstić information content (AvgIpc) is 3.26. The Kier molecular flexibility index (Phi) is 5.81. The van der Waals surface area contributed by atoms with Crippen LogP contribution in [0.4, 0.5) is 4.39 Å². The lowest BCUT2D eigenvalue weighted by molar-refractivity contribution is -0.114. The Morgan fingerprint density at radius 2 is 1.88 bits per heavy atom. The van der Waals surface area contributed by atoms with Crippen LogP contribution in [0.15, 0.2) is 88.5 Å². The molecule has 0 atom stereocenters. The van der Waals surface area contributed by atoms with Gasteiger partial charge in [-0.1, -0.05) is 48.5 Å². The van der Waals surface area contributed by atoms with E-state index in [1.54, 1.807) is 36.4 Å². The second-order valence-electron chi connectivity index (χ2n) is 7.73. The third kappa shape index (κ3) is 4.40. The summed E-state index contributed by atoms with van der Waals surface area (Å²) in [7, 11) is 0. The van der Waals surface area contributed by atoms with Crippen LogP contribution < -0.4 is 4.74 Å². The monoisotopic (exact) mass is 470 g/mol. The Labute approximate surface area is 200 Å². The van der Waals surface area contributed by atoms with Crippen molar-refractivity contribution < 1.29 is 13.9 Å². The van der Waals surface area contributed by atoms with Crippen molar-refractivity contribution in [3.05, 3.63) is 106 Å². The number of halogens is 1. The fourth-order valence-corrected chi connectivity index (χ4v) is 4.50. The number of fused-ring (bicyclic) bond motifs is 1. The van der Waals surface area contributed by atoms with E-state index >= 15 is 0 Å². The van der Waals surface area contributed by atoms with Gasteiger partial charge in [0.1, 0.15) is 23.2 Å². The van der Waals surface area contributed by atoms with E-state index in [0.29, 0.717) is 21.5 Å². The molecule has 0 saturated heterocycles. The molecule has 0 unspecified atom stereocenters. The molecule has 3 aromatic carbocycles. The van der Waals surface area contributed by atoms with Crippen LogP contribution in [0.5, 0.6) is 5.75 Å². The molecule has 3 aromatic rings. The van der Waals surface area contributed by atoms with Crippen molar-refractivity contribution >= 4 is 39.8 Å². The van der Waals surface area contributed by atoms with Crippen LogP contribution in [0.1, 0.15) is 22.3 Å². The Morgan fingerprint density at radius 1 is 1.09 bits per heavy atom.